The van der Waals surface area contributed by atoms with Crippen LogP contribution in [0.1, 0.15) is 47.3 Å². The minimum absolute atomic E-state index is 0.165. The van der Waals surface area contributed by atoms with Gasteiger partial charge in [-0.2, -0.15) is 4.91 Å². The number of carbonyl (C=O) groups is 2. The highest BCUT2D eigenvalue weighted by Gasteiger charge is 2.33. The molecule has 2 N–H and O–H groups in total. The Morgan fingerprint density at radius 2 is 1.82 bits per heavy atom. The Hall–Kier alpha value is -3.70. The number of nitroso groups, excluding NO2 is 1. The van der Waals surface area contributed by atoms with E-state index in [0.29, 0.717) is 22.6 Å². The molecule has 0 fully saturated rings. The number of anilines is 2. The fourth-order valence-corrected chi connectivity index (χ4v) is 4.06. The van der Waals surface area contributed by atoms with Crippen LogP contribution in [0.2, 0.25) is 0 Å². The topological polar surface area (TPSA) is 100.0 Å². The van der Waals surface area contributed by atoms with Gasteiger partial charge in [-0.1, -0.05) is 35.5 Å². The van der Waals surface area contributed by atoms with Crippen LogP contribution in [0.4, 0.5) is 17.1 Å². The third kappa shape index (κ3) is 4.73. The van der Waals surface area contributed by atoms with E-state index in [9.17, 15) is 14.5 Å². The monoisotopic (exact) mass is 458 g/mol. The number of rotatable bonds is 6. The summed E-state index contributed by atoms with van der Waals surface area (Å²) in [6, 6.07) is 19.3. The van der Waals surface area contributed by atoms with E-state index in [2.05, 4.69) is 30.0 Å². The number of fused-ring (bicyclic) bond motifs is 1. The molecule has 1 heterocycles. The average Bonchev–Trinajstić information content (AvgIpc) is 3.15. The van der Waals surface area contributed by atoms with Crippen molar-refractivity contribution in [2.45, 2.75) is 25.8 Å². The molecule has 0 aromatic heterocycles. The Morgan fingerprint density at radius 1 is 1.09 bits per heavy atom. The van der Waals surface area contributed by atoms with E-state index in [-0.39, 0.29) is 11.8 Å². The average molecular weight is 458 g/mol. The zero-order valence-electron chi connectivity index (χ0n) is 18.2. The summed E-state index contributed by atoms with van der Waals surface area (Å²) in [5.74, 6) is -0.936. The predicted molar refractivity (Wildman–Crippen MR) is 135 cm³/mol. The van der Waals surface area contributed by atoms with Crippen LogP contribution in [-0.2, 0) is 4.79 Å². The zero-order valence-corrected chi connectivity index (χ0v) is 19.4. The minimum Gasteiger partial charge on any atom is -0.325 e. The first-order chi connectivity index (χ1) is 15.9. The second-order valence-electron chi connectivity index (χ2n) is 7.89. The molecule has 4 rings (SSSR count). The molecule has 3 aromatic carbocycles. The molecule has 3 aromatic rings. The van der Waals surface area contributed by atoms with Crippen molar-refractivity contribution in [3.05, 3.63) is 88.3 Å². The lowest BCUT2D eigenvalue weighted by molar-refractivity contribution is -0.115. The van der Waals surface area contributed by atoms with Crippen LogP contribution in [0.25, 0.3) is 0 Å². The largest absolute Gasteiger partial charge is 0.325 e. The molecule has 0 spiro atoms. The van der Waals surface area contributed by atoms with Crippen molar-refractivity contribution in [3.63, 3.8) is 0 Å². The van der Waals surface area contributed by atoms with E-state index < -0.39 is 12.0 Å². The van der Waals surface area contributed by atoms with Crippen molar-refractivity contribution in [1.29, 1.82) is 0 Å². The summed E-state index contributed by atoms with van der Waals surface area (Å²) in [5, 5.41) is 9.73. The third-order valence-corrected chi connectivity index (χ3v) is 6.11. The van der Waals surface area contributed by atoms with Crippen LogP contribution in [-0.4, -0.2) is 17.5 Å². The molecule has 0 saturated heterocycles. The van der Waals surface area contributed by atoms with Gasteiger partial charge in [-0.25, -0.2) is 0 Å². The maximum atomic E-state index is 12.6. The second-order valence-corrected chi connectivity index (χ2v) is 8.51. The predicted octanol–water partition coefficient (Wildman–Crippen LogP) is 5.10. The smallest absolute Gasteiger partial charge is 0.255 e. The first-order valence-corrected chi connectivity index (χ1v) is 11.0. The zero-order chi connectivity index (χ0) is 23.5. The molecule has 7 nitrogen and oxygen atoms in total. The number of para-hydroxylation sites is 1. The molecule has 3 unspecified atom stereocenters. The first kappa shape index (κ1) is 22.5. The molecule has 0 saturated carbocycles. The third-order valence-electron chi connectivity index (χ3n) is 5.61. The van der Waals surface area contributed by atoms with E-state index in [1.54, 1.807) is 50.2 Å². The molecule has 8 heteroatoms. The van der Waals surface area contributed by atoms with Crippen molar-refractivity contribution >= 4 is 49.1 Å². The molecule has 1 aliphatic heterocycles. The lowest BCUT2D eigenvalue weighted by Crippen LogP contribution is -2.18. The van der Waals surface area contributed by atoms with E-state index in [4.69, 9.17) is 0 Å². The van der Waals surface area contributed by atoms with Crippen molar-refractivity contribution in [2.75, 3.05) is 10.6 Å². The molecular formula is C25H23N4O3P. The van der Waals surface area contributed by atoms with Gasteiger partial charge in [-0.15, -0.1) is 9.24 Å². The maximum absolute atomic E-state index is 12.6. The number of carbonyl (C=O) groups excluding carboxylic acids is 2. The highest BCUT2D eigenvalue weighted by Crippen LogP contribution is 2.36. The summed E-state index contributed by atoms with van der Waals surface area (Å²) in [6.45, 7) is 3.51. The van der Waals surface area contributed by atoms with Gasteiger partial charge in [-0.3, -0.25) is 14.6 Å². The maximum Gasteiger partial charge on any atom is 0.255 e. The summed E-state index contributed by atoms with van der Waals surface area (Å²) in [4.78, 5) is 40.7. The Kier molecular flexibility index (Phi) is 6.43. The van der Waals surface area contributed by atoms with Gasteiger partial charge < -0.3 is 10.6 Å². The molecule has 0 bridgehead atoms. The second kappa shape index (κ2) is 9.43. The molecular weight excluding hydrogens is 435 g/mol. The Bertz CT molecular complexity index is 1270. The fraction of sp³-hybridized carbons (Fsp3) is 0.160. The quantitative estimate of drug-likeness (QED) is 0.306. The molecule has 3 atom stereocenters. The van der Waals surface area contributed by atoms with Crippen LogP contribution in [0, 0.1) is 4.91 Å². The summed E-state index contributed by atoms with van der Waals surface area (Å²) in [5.41, 5.74) is 4.73. The Balaban J connectivity index is 1.54. The molecule has 2 amide bonds. The lowest BCUT2D eigenvalue weighted by Gasteiger charge is -2.11. The van der Waals surface area contributed by atoms with E-state index in [0.717, 1.165) is 22.1 Å². The number of hydrogen-bond donors (Lipinski definition) is 2. The molecule has 0 aliphatic carbocycles. The summed E-state index contributed by atoms with van der Waals surface area (Å²) in [7, 11) is 2.59. The first-order valence-electron chi connectivity index (χ1n) is 10.5. The number of hydrogen-bond acceptors (Lipinski definition) is 5. The number of benzene rings is 3. The van der Waals surface area contributed by atoms with Crippen LogP contribution in [0.15, 0.2) is 76.9 Å². The van der Waals surface area contributed by atoms with Crippen LogP contribution < -0.4 is 15.9 Å². The molecule has 1 aliphatic rings. The number of nitrogens with one attached hydrogen (secondary N) is 2. The van der Waals surface area contributed by atoms with Gasteiger partial charge in [0.25, 0.3) is 5.91 Å². The SMILES string of the molecule is CC(=Nc1ccc(C(=O)Nc2ccccc2P)cc1)C1C(=O)Nc2ccc(C(C)N=O)cc21. The van der Waals surface area contributed by atoms with Crippen LogP contribution >= 0.6 is 9.24 Å². The normalized spacial score (nSPS) is 16.0. The summed E-state index contributed by atoms with van der Waals surface area (Å²) < 4.78 is 0. The van der Waals surface area contributed by atoms with E-state index in [1.807, 2.05) is 30.3 Å². The molecule has 0 radical (unpaired) electrons. The van der Waals surface area contributed by atoms with Crippen molar-refractivity contribution in [3.8, 4) is 0 Å². The van der Waals surface area contributed by atoms with Gasteiger partial charge >= 0.3 is 0 Å². The van der Waals surface area contributed by atoms with Gasteiger partial charge in [0.05, 0.1) is 5.69 Å². The van der Waals surface area contributed by atoms with Crippen molar-refractivity contribution in [2.24, 2.45) is 10.2 Å². The summed E-state index contributed by atoms with van der Waals surface area (Å²) >= 11 is 0. The number of aliphatic imine (C=N–C) groups is 1. The lowest BCUT2D eigenvalue weighted by atomic mass is 9.93. The van der Waals surface area contributed by atoms with Crippen LogP contribution in [0.3, 0.4) is 0 Å². The Labute approximate surface area is 193 Å². The number of nitrogens with zero attached hydrogens (tertiary/aromatic N) is 2. The van der Waals surface area contributed by atoms with Gasteiger partial charge in [0.15, 0.2) is 0 Å². The fourth-order valence-electron chi connectivity index (χ4n) is 3.78. The standard InChI is InChI=1S/C25H23N4O3P/c1-14(29-32)17-9-12-20-19(13-17)23(25(31)27-20)15(2)26-18-10-7-16(8-11-18)24(30)28-21-5-3-4-6-22(21)33/h3-14,23H,33H2,1-2H3,(H,27,31)(H,28,30). The van der Waals surface area contributed by atoms with Crippen LogP contribution in [0.5, 0.6) is 0 Å². The molecule has 33 heavy (non-hydrogen) atoms. The molecule has 166 valence electrons. The van der Waals surface area contributed by atoms with E-state index in [1.165, 1.54) is 0 Å². The highest BCUT2D eigenvalue weighted by atomic mass is 31.0. The van der Waals surface area contributed by atoms with Gasteiger partial charge in [0.2, 0.25) is 5.91 Å². The van der Waals surface area contributed by atoms with E-state index >= 15 is 0 Å². The van der Waals surface area contributed by atoms with Gasteiger partial charge in [0, 0.05) is 22.6 Å². The van der Waals surface area contributed by atoms with Gasteiger partial charge in [-0.05, 0) is 66.7 Å². The highest BCUT2D eigenvalue weighted by molar-refractivity contribution is 7.28. The number of amides is 2. The minimum atomic E-state index is -0.555. The summed E-state index contributed by atoms with van der Waals surface area (Å²) in [6.07, 6.45) is 0. The van der Waals surface area contributed by atoms with Crippen molar-refractivity contribution < 1.29 is 9.59 Å². The van der Waals surface area contributed by atoms with Gasteiger partial charge in [0.1, 0.15) is 12.0 Å². The Morgan fingerprint density at radius 3 is 2.52 bits per heavy atom. The van der Waals surface area contributed by atoms with Crippen molar-refractivity contribution in [1.82, 2.24) is 0 Å².